The average Bonchev–Trinajstić information content (AvgIpc) is 2.95. The predicted molar refractivity (Wildman–Crippen MR) is 83.8 cm³/mol. The van der Waals surface area contributed by atoms with Gasteiger partial charge in [0.2, 0.25) is 0 Å². The lowest BCUT2D eigenvalue weighted by Gasteiger charge is -2.18. The van der Waals surface area contributed by atoms with Crippen molar-refractivity contribution in [1.82, 2.24) is 4.98 Å². The molecule has 1 atom stereocenters. The van der Waals surface area contributed by atoms with Crippen LogP contribution in [0, 0.1) is 0 Å². The van der Waals surface area contributed by atoms with Gasteiger partial charge in [0.1, 0.15) is 0 Å². The maximum absolute atomic E-state index is 3.44. The summed E-state index contributed by atoms with van der Waals surface area (Å²) in [6.07, 6.45) is 3.17. The van der Waals surface area contributed by atoms with E-state index in [1.807, 2.05) is 6.20 Å². The van der Waals surface area contributed by atoms with Gasteiger partial charge in [-0.15, -0.1) is 0 Å². The van der Waals surface area contributed by atoms with Gasteiger partial charge in [-0.05, 0) is 29.2 Å². The minimum atomic E-state index is 0.475. The number of rotatable bonds is 1. The van der Waals surface area contributed by atoms with E-state index in [4.69, 9.17) is 0 Å². The molecule has 20 heavy (non-hydrogen) atoms. The zero-order chi connectivity index (χ0) is 13.5. The number of aromatic amines is 1. The summed E-state index contributed by atoms with van der Waals surface area (Å²) in [5.74, 6) is 0.475. The predicted octanol–water partition coefficient (Wildman–Crippen LogP) is 5.20. The van der Waals surface area contributed by atoms with Gasteiger partial charge in [-0.3, -0.25) is 0 Å². The van der Waals surface area contributed by atoms with E-state index < -0.39 is 0 Å². The quantitative estimate of drug-likeness (QED) is 0.618. The Labute approximate surface area is 119 Å². The van der Waals surface area contributed by atoms with E-state index in [0.717, 1.165) is 6.42 Å². The molecule has 1 aliphatic carbocycles. The molecule has 0 spiro atoms. The highest BCUT2D eigenvalue weighted by atomic mass is 14.7. The Bertz CT molecular complexity index is 705. The number of hydrogen-bond donors (Lipinski definition) is 1. The summed E-state index contributed by atoms with van der Waals surface area (Å²) < 4.78 is 0. The highest BCUT2D eigenvalue weighted by Gasteiger charge is 2.25. The van der Waals surface area contributed by atoms with Gasteiger partial charge < -0.3 is 4.98 Å². The molecular weight excluding hydrogens is 242 g/mol. The van der Waals surface area contributed by atoms with E-state index in [1.165, 1.54) is 33.5 Å². The van der Waals surface area contributed by atoms with Crippen LogP contribution in [0.4, 0.5) is 0 Å². The molecule has 0 aliphatic heterocycles. The highest BCUT2D eigenvalue weighted by molar-refractivity contribution is 5.87. The van der Waals surface area contributed by atoms with Crippen molar-refractivity contribution in [1.29, 1.82) is 0 Å². The lowest BCUT2D eigenvalue weighted by atomic mass is 9.86. The smallest absolute Gasteiger partial charge is 0.0536 e. The number of aromatic nitrogens is 1. The third kappa shape index (κ3) is 1.50. The maximum atomic E-state index is 3.44. The molecule has 0 bridgehead atoms. The molecule has 1 nitrogen and oxygen atoms in total. The zero-order valence-electron chi connectivity index (χ0n) is 11.6. The largest absolute Gasteiger partial charge is 0.361 e. The van der Waals surface area contributed by atoms with Gasteiger partial charge in [0.15, 0.2) is 0 Å². The number of hydrogen-bond acceptors (Lipinski definition) is 0. The van der Waals surface area contributed by atoms with Crippen LogP contribution in [0.15, 0.2) is 60.8 Å². The van der Waals surface area contributed by atoms with Gasteiger partial charge in [0.05, 0.1) is 5.69 Å². The Morgan fingerprint density at radius 3 is 2.20 bits per heavy atom. The number of fused-ring (bicyclic) bond motifs is 5. The van der Waals surface area contributed by atoms with Crippen LogP contribution in [-0.2, 0) is 0 Å². The third-order valence-corrected chi connectivity index (χ3v) is 4.39. The Morgan fingerprint density at radius 2 is 1.45 bits per heavy atom. The van der Waals surface area contributed by atoms with Crippen molar-refractivity contribution in [3.05, 3.63) is 71.9 Å². The second kappa shape index (κ2) is 4.38. The molecule has 3 aromatic rings. The van der Waals surface area contributed by atoms with Crippen molar-refractivity contribution in [2.45, 2.75) is 19.3 Å². The summed E-state index contributed by atoms with van der Waals surface area (Å²) in [5.41, 5.74) is 8.17. The molecule has 1 N–H and O–H groups in total. The van der Waals surface area contributed by atoms with Crippen LogP contribution in [0.2, 0.25) is 0 Å². The molecule has 1 unspecified atom stereocenters. The van der Waals surface area contributed by atoms with E-state index in [1.54, 1.807) is 0 Å². The fourth-order valence-electron chi connectivity index (χ4n) is 3.50. The number of H-pyrrole nitrogens is 1. The van der Waals surface area contributed by atoms with Crippen LogP contribution in [0.5, 0.6) is 0 Å². The fraction of sp³-hybridized carbons (Fsp3) is 0.158. The summed E-state index contributed by atoms with van der Waals surface area (Å²) in [4.78, 5) is 3.44. The maximum Gasteiger partial charge on any atom is 0.0536 e. The molecule has 1 aliphatic rings. The fourth-order valence-corrected chi connectivity index (χ4v) is 3.50. The molecule has 0 saturated carbocycles. The zero-order valence-corrected chi connectivity index (χ0v) is 11.6. The number of nitrogens with one attached hydrogen (secondary N) is 1. The van der Waals surface area contributed by atoms with Gasteiger partial charge in [-0.2, -0.15) is 0 Å². The van der Waals surface area contributed by atoms with Crippen molar-refractivity contribution < 1.29 is 0 Å². The topological polar surface area (TPSA) is 15.8 Å². The molecule has 98 valence electrons. The summed E-state index contributed by atoms with van der Waals surface area (Å²) in [6, 6.07) is 19.8. The van der Waals surface area contributed by atoms with E-state index in [9.17, 15) is 0 Å². The molecular formula is C19H17N. The Kier molecular flexibility index (Phi) is 2.53. The van der Waals surface area contributed by atoms with Crippen LogP contribution in [0.25, 0.3) is 22.4 Å². The Balaban J connectivity index is 2.14. The van der Waals surface area contributed by atoms with Crippen LogP contribution < -0.4 is 0 Å². The van der Waals surface area contributed by atoms with E-state index in [-0.39, 0.29) is 0 Å². The highest BCUT2D eigenvalue weighted by Crippen LogP contribution is 2.45. The second-order valence-corrected chi connectivity index (χ2v) is 5.40. The second-order valence-electron chi connectivity index (χ2n) is 5.40. The van der Waals surface area contributed by atoms with Crippen molar-refractivity contribution in [2.24, 2.45) is 0 Å². The lowest BCUT2D eigenvalue weighted by Crippen LogP contribution is -2.01. The minimum absolute atomic E-state index is 0.475. The van der Waals surface area contributed by atoms with Crippen LogP contribution in [-0.4, -0.2) is 4.98 Å². The van der Waals surface area contributed by atoms with E-state index in [0.29, 0.717) is 5.92 Å². The van der Waals surface area contributed by atoms with Gasteiger partial charge in [-0.25, -0.2) is 0 Å². The summed E-state index contributed by atoms with van der Waals surface area (Å²) >= 11 is 0. The molecule has 1 aromatic heterocycles. The third-order valence-electron chi connectivity index (χ3n) is 4.39. The lowest BCUT2D eigenvalue weighted by molar-refractivity contribution is 0.782. The van der Waals surface area contributed by atoms with Crippen molar-refractivity contribution in [2.75, 3.05) is 0 Å². The van der Waals surface area contributed by atoms with Crippen LogP contribution >= 0.6 is 0 Å². The standard InChI is InChI=1S/C19H17N/c1-2-13-14-7-3-4-9-16(14)18-11-12-20-19(18)17-10-6-5-8-15(13)17/h3-13,20H,2H2,1H3. The molecule has 1 heteroatoms. The molecule has 4 rings (SSSR count). The SMILES string of the molecule is CCC1c2ccccc2-c2cc[nH]c2-c2ccccc21. The normalized spacial score (nSPS) is 15.9. The van der Waals surface area contributed by atoms with Crippen molar-refractivity contribution in [3.63, 3.8) is 0 Å². The first-order valence-corrected chi connectivity index (χ1v) is 7.26. The summed E-state index contributed by atoms with van der Waals surface area (Å²) in [5, 5.41) is 0. The van der Waals surface area contributed by atoms with Gasteiger partial charge in [0, 0.05) is 23.2 Å². The van der Waals surface area contributed by atoms with Gasteiger partial charge >= 0.3 is 0 Å². The van der Waals surface area contributed by atoms with E-state index in [2.05, 4.69) is 66.5 Å². The average molecular weight is 259 g/mol. The minimum Gasteiger partial charge on any atom is -0.361 e. The van der Waals surface area contributed by atoms with Crippen LogP contribution in [0.3, 0.4) is 0 Å². The Hall–Kier alpha value is -2.28. The van der Waals surface area contributed by atoms with Crippen LogP contribution in [0.1, 0.15) is 30.4 Å². The first kappa shape index (κ1) is 11.5. The molecule has 0 radical (unpaired) electrons. The molecule has 2 aromatic carbocycles. The molecule has 0 amide bonds. The van der Waals surface area contributed by atoms with Gasteiger partial charge in [0.25, 0.3) is 0 Å². The first-order chi connectivity index (χ1) is 9.90. The summed E-state index contributed by atoms with van der Waals surface area (Å²) in [7, 11) is 0. The molecule has 0 fully saturated rings. The number of benzene rings is 2. The van der Waals surface area contributed by atoms with Crippen molar-refractivity contribution >= 4 is 0 Å². The first-order valence-electron chi connectivity index (χ1n) is 7.26. The monoisotopic (exact) mass is 259 g/mol. The molecule has 1 heterocycles. The van der Waals surface area contributed by atoms with E-state index >= 15 is 0 Å². The van der Waals surface area contributed by atoms with Gasteiger partial charge in [-0.1, -0.05) is 55.5 Å². The Morgan fingerprint density at radius 1 is 0.800 bits per heavy atom. The molecule has 0 saturated heterocycles. The van der Waals surface area contributed by atoms with Crippen molar-refractivity contribution in [3.8, 4) is 22.4 Å². The summed E-state index contributed by atoms with van der Waals surface area (Å²) in [6.45, 7) is 2.28.